The van der Waals surface area contributed by atoms with E-state index in [1.165, 1.54) is 41.8 Å². The maximum Gasteiger partial charge on any atom is 0.179 e. The zero-order valence-electron chi connectivity index (χ0n) is 10.3. The van der Waals surface area contributed by atoms with Crippen molar-refractivity contribution in [2.45, 2.75) is 9.24 Å². The van der Waals surface area contributed by atoms with Crippen LogP contribution in [0.15, 0.2) is 39.8 Å². The van der Waals surface area contributed by atoms with Gasteiger partial charge in [0.25, 0.3) is 0 Å². The quantitative estimate of drug-likeness (QED) is 0.471. The SMILES string of the molecule is N=C(N)c1cccc(S(=O)(=O)CCSc2ncns2)c1. The molecule has 0 aliphatic rings. The predicted octanol–water partition coefficient (Wildman–Crippen LogP) is 1.39. The highest BCUT2D eigenvalue weighted by molar-refractivity contribution is 8.02. The molecule has 0 saturated heterocycles. The second kappa shape index (κ2) is 6.33. The minimum atomic E-state index is -3.39. The molecule has 0 unspecified atom stereocenters. The number of rotatable bonds is 6. The molecule has 0 fully saturated rings. The topological polar surface area (TPSA) is 110 Å². The maximum atomic E-state index is 12.2. The van der Waals surface area contributed by atoms with Gasteiger partial charge in [0.2, 0.25) is 0 Å². The molecule has 2 aromatic rings. The fourth-order valence-corrected chi connectivity index (χ4v) is 4.64. The van der Waals surface area contributed by atoms with Crippen LogP contribution in [0.1, 0.15) is 5.56 Å². The van der Waals surface area contributed by atoms with Gasteiger partial charge in [0.1, 0.15) is 12.2 Å². The normalized spacial score (nSPS) is 11.4. The van der Waals surface area contributed by atoms with E-state index in [9.17, 15) is 8.42 Å². The van der Waals surface area contributed by atoms with Gasteiger partial charge in [-0.25, -0.2) is 13.4 Å². The summed E-state index contributed by atoms with van der Waals surface area (Å²) in [6, 6.07) is 6.13. The standard InChI is InChI=1S/C11H12N4O2S3/c12-10(13)8-2-1-3-9(6-8)20(16,17)5-4-18-11-14-7-15-19-11/h1-3,6-7H,4-5H2,(H3,12,13). The predicted molar refractivity (Wildman–Crippen MR) is 80.1 cm³/mol. The molecule has 0 saturated carbocycles. The second-order valence-corrected chi connectivity index (χ2v) is 8.05. The van der Waals surface area contributed by atoms with Crippen molar-refractivity contribution in [2.75, 3.05) is 11.5 Å². The van der Waals surface area contributed by atoms with Crippen molar-refractivity contribution >= 4 is 39.0 Å². The van der Waals surface area contributed by atoms with Gasteiger partial charge in [0.05, 0.1) is 10.6 Å². The molecule has 3 N–H and O–H groups in total. The number of hydrogen-bond donors (Lipinski definition) is 2. The third-order valence-electron chi connectivity index (χ3n) is 2.42. The number of nitrogens with zero attached hydrogens (tertiary/aromatic N) is 2. The number of sulfone groups is 1. The van der Waals surface area contributed by atoms with Gasteiger partial charge >= 0.3 is 0 Å². The molecule has 1 aromatic carbocycles. The lowest BCUT2D eigenvalue weighted by molar-refractivity contribution is 0.597. The van der Waals surface area contributed by atoms with Crippen LogP contribution >= 0.6 is 23.3 Å². The first-order valence-corrected chi connectivity index (χ1v) is 8.97. The van der Waals surface area contributed by atoms with E-state index >= 15 is 0 Å². The number of amidine groups is 1. The summed E-state index contributed by atoms with van der Waals surface area (Å²) >= 11 is 2.60. The lowest BCUT2D eigenvalue weighted by Gasteiger charge is -2.05. The van der Waals surface area contributed by atoms with Gasteiger partial charge in [0.15, 0.2) is 14.2 Å². The zero-order valence-corrected chi connectivity index (χ0v) is 12.8. The van der Waals surface area contributed by atoms with Crippen molar-refractivity contribution in [1.82, 2.24) is 9.36 Å². The molecular weight excluding hydrogens is 316 g/mol. The highest BCUT2D eigenvalue weighted by Gasteiger charge is 2.15. The fraction of sp³-hybridized carbons (Fsp3) is 0.182. The Hall–Kier alpha value is -1.45. The Morgan fingerprint density at radius 1 is 1.45 bits per heavy atom. The van der Waals surface area contributed by atoms with Crippen molar-refractivity contribution in [2.24, 2.45) is 5.73 Å². The third kappa shape index (κ3) is 3.78. The second-order valence-electron chi connectivity index (χ2n) is 3.82. The molecule has 0 radical (unpaired) electrons. The van der Waals surface area contributed by atoms with Crippen LogP contribution in [0.3, 0.4) is 0 Å². The summed E-state index contributed by atoms with van der Waals surface area (Å²) in [5, 5.41) is 7.33. The monoisotopic (exact) mass is 328 g/mol. The van der Waals surface area contributed by atoms with E-state index in [4.69, 9.17) is 11.1 Å². The van der Waals surface area contributed by atoms with Gasteiger partial charge in [-0.3, -0.25) is 5.41 Å². The van der Waals surface area contributed by atoms with Crippen molar-refractivity contribution < 1.29 is 8.42 Å². The van der Waals surface area contributed by atoms with E-state index in [1.54, 1.807) is 12.1 Å². The van der Waals surface area contributed by atoms with Crippen LogP contribution in [0.4, 0.5) is 0 Å². The third-order valence-corrected chi connectivity index (χ3v) is 6.19. The maximum absolute atomic E-state index is 12.2. The van der Waals surface area contributed by atoms with Crippen LogP contribution in [0.25, 0.3) is 0 Å². The molecule has 0 atom stereocenters. The summed E-state index contributed by atoms with van der Waals surface area (Å²) in [5.41, 5.74) is 5.77. The van der Waals surface area contributed by atoms with Crippen LogP contribution in [0.5, 0.6) is 0 Å². The average Bonchev–Trinajstić information content (AvgIpc) is 2.92. The number of benzene rings is 1. The average molecular weight is 328 g/mol. The van der Waals surface area contributed by atoms with E-state index < -0.39 is 9.84 Å². The molecule has 0 bridgehead atoms. The summed E-state index contributed by atoms with van der Waals surface area (Å²) in [7, 11) is -3.39. The van der Waals surface area contributed by atoms with Crippen molar-refractivity contribution in [3.8, 4) is 0 Å². The molecule has 1 aromatic heterocycles. The molecule has 106 valence electrons. The number of thioether (sulfide) groups is 1. The molecule has 0 aliphatic carbocycles. The molecular formula is C11H12N4O2S3. The van der Waals surface area contributed by atoms with Gasteiger partial charge in [-0.1, -0.05) is 23.9 Å². The first-order valence-electron chi connectivity index (χ1n) is 5.56. The Morgan fingerprint density at radius 3 is 2.90 bits per heavy atom. The van der Waals surface area contributed by atoms with Crippen molar-refractivity contribution in [3.63, 3.8) is 0 Å². The van der Waals surface area contributed by atoms with Crippen LogP contribution in [0.2, 0.25) is 0 Å². The van der Waals surface area contributed by atoms with Gasteiger partial charge in [0, 0.05) is 11.3 Å². The van der Waals surface area contributed by atoms with Crippen LogP contribution < -0.4 is 5.73 Å². The molecule has 2 rings (SSSR count). The molecule has 20 heavy (non-hydrogen) atoms. The Kier molecular flexibility index (Phi) is 4.73. The Balaban J connectivity index is 2.06. The largest absolute Gasteiger partial charge is 0.384 e. The Labute approximate surface area is 125 Å². The van der Waals surface area contributed by atoms with E-state index in [0.717, 1.165) is 4.34 Å². The summed E-state index contributed by atoms with van der Waals surface area (Å²) in [6.45, 7) is 0. The number of aromatic nitrogens is 2. The van der Waals surface area contributed by atoms with E-state index in [1.807, 2.05) is 0 Å². The minimum absolute atomic E-state index is 0.00138. The van der Waals surface area contributed by atoms with Crippen molar-refractivity contribution in [1.29, 1.82) is 5.41 Å². The van der Waals surface area contributed by atoms with Gasteiger partial charge in [-0.15, -0.1) is 0 Å². The van der Waals surface area contributed by atoms with E-state index in [0.29, 0.717) is 11.3 Å². The summed E-state index contributed by atoms with van der Waals surface area (Å²) in [5.74, 6) is 0.255. The fourth-order valence-electron chi connectivity index (χ4n) is 1.44. The van der Waals surface area contributed by atoms with Gasteiger partial charge in [-0.2, -0.15) is 4.37 Å². The number of hydrogen-bond acceptors (Lipinski definition) is 7. The van der Waals surface area contributed by atoms with Gasteiger partial charge < -0.3 is 5.73 Å². The number of nitrogen functional groups attached to an aromatic ring is 1. The summed E-state index contributed by atoms with van der Waals surface area (Å²) in [4.78, 5) is 4.16. The first kappa shape index (κ1) is 14.9. The highest BCUT2D eigenvalue weighted by atomic mass is 32.2. The van der Waals surface area contributed by atoms with Crippen LogP contribution in [-0.4, -0.2) is 35.1 Å². The molecule has 1 heterocycles. The van der Waals surface area contributed by atoms with Crippen molar-refractivity contribution in [3.05, 3.63) is 36.2 Å². The lowest BCUT2D eigenvalue weighted by Crippen LogP contribution is -2.13. The first-order chi connectivity index (χ1) is 9.49. The van der Waals surface area contributed by atoms with Crippen LogP contribution in [0, 0.1) is 5.41 Å². The lowest BCUT2D eigenvalue weighted by atomic mass is 10.2. The Morgan fingerprint density at radius 2 is 2.25 bits per heavy atom. The van der Waals surface area contributed by atoms with Crippen LogP contribution in [-0.2, 0) is 9.84 Å². The smallest absolute Gasteiger partial charge is 0.179 e. The molecule has 0 spiro atoms. The zero-order chi connectivity index (χ0) is 14.6. The number of nitrogens with one attached hydrogen (secondary N) is 1. The summed E-state index contributed by atoms with van der Waals surface area (Å²) < 4.78 is 29.0. The molecule has 0 aliphatic heterocycles. The molecule has 0 amide bonds. The Bertz CT molecular complexity index is 698. The molecule has 6 nitrogen and oxygen atoms in total. The highest BCUT2D eigenvalue weighted by Crippen LogP contribution is 2.20. The number of nitrogens with two attached hydrogens (primary N) is 1. The van der Waals surface area contributed by atoms with E-state index in [2.05, 4.69) is 9.36 Å². The molecule has 9 heteroatoms. The van der Waals surface area contributed by atoms with Gasteiger partial charge in [-0.05, 0) is 23.7 Å². The summed E-state index contributed by atoms with van der Waals surface area (Å²) in [6.07, 6.45) is 1.44. The minimum Gasteiger partial charge on any atom is -0.384 e. The van der Waals surface area contributed by atoms with E-state index in [-0.39, 0.29) is 16.5 Å².